The van der Waals surface area contributed by atoms with Crippen LogP contribution in [0.25, 0.3) is 0 Å². The number of quaternary nitrogens is 1. The van der Waals surface area contributed by atoms with Crippen molar-refractivity contribution < 1.29 is 27.7 Å². The van der Waals surface area contributed by atoms with E-state index in [0.717, 1.165) is 17.0 Å². The van der Waals surface area contributed by atoms with Gasteiger partial charge < -0.3 is 10.2 Å². The van der Waals surface area contributed by atoms with Crippen LogP contribution >= 0.6 is 0 Å². The second kappa shape index (κ2) is 9.57. The first-order chi connectivity index (χ1) is 14.7. The average molecular weight is 427 g/mol. The summed E-state index contributed by atoms with van der Waals surface area (Å²) in [6.07, 6.45) is -4.37. The number of para-hydroxylation sites is 1. The van der Waals surface area contributed by atoms with E-state index in [0.29, 0.717) is 28.9 Å². The van der Waals surface area contributed by atoms with Crippen molar-refractivity contribution in [3.8, 4) is 0 Å². The van der Waals surface area contributed by atoms with Gasteiger partial charge >= 0.3 is 6.18 Å². The van der Waals surface area contributed by atoms with Crippen molar-refractivity contribution in [3.63, 3.8) is 0 Å². The summed E-state index contributed by atoms with van der Waals surface area (Å²) in [5.74, 6) is -0.486. The van der Waals surface area contributed by atoms with Crippen LogP contribution in [0.2, 0.25) is 0 Å². The second-order valence-electron chi connectivity index (χ2n) is 7.29. The van der Waals surface area contributed by atoms with Gasteiger partial charge in [-0.05, 0) is 24.3 Å². The van der Waals surface area contributed by atoms with Crippen molar-refractivity contribution in [2.45, 2.75) is 12.7 Å². The van der Waals surface area contributed by atoms with Crippen molar-refractivity contribution in [2.75, 3.05) is 18.9 Å². The van der Waals surface area contributed by atoms with E-state index >= 15 is 0 Å². The van der Waals surface area contributed by atoms with E-state index in [1.165, 1.54) is 12.1 Å². The molecule has 0 radical (unpaired) electrons. The molecule has 1 unspecified atom stereocenters. The molecule has 3 aromatic carbocycles. The van der Waals surface area contributed by atoms with Crippen LogP contribution in [0.15, 0.2) is 78.9 Å². The minimum atomic E-state index is -4.37. The van der Waals surface area contributed by atoms with Crippen LogP contribution in [0, 0.1) is 0 Å². The molecule has 0 saturated heterocycles. The Hall–Kier alpha value is -3.45. The summed E-state index contributed by atoms with van der Waals surface area (Å²) in [6, 6.07) is 20.5. The van der Waals surface area contributed by atoms with Gasteiger partial charge in [0.25, 0.3) is 5.91 Å². The molecular formula is C24H22F3N2O2+. The molecule has 31 heavy (non-hydrogen) atoms. The Balaban J connectivity index is 1.63. The van der Waals surface area contributed by atoms with E-state index in [2.05, 4.69) is 5.32 Å². The predicted molar refractivity (Wildman–Crippen MR) is 112 cm³/mol. The Morgan fingerprint density at radius 2 is 1.48 bits per heavy atom. The number of ketones is 1. The number of rotatable bonds is 7. The third-order valence-corrected chi connectivity index (χ3v) is 4.73. The van der Waals surface area contributed by atoms with E-state index in [9.17, 15) is 22.8 Å². The van der Waals surface area contributed by atoms with E-state index in [1.54, 1.807) is 55.6 Å². The number of anilines is 1. The number of carbonyl (C=O) groups excluding carboxylic acids is 2. The fourth-order valence-electron chi connectivity index (χ4n) is 3.23. The van der Waals surface area contributed by atoms with Crippen molar-refractivity contribution in [1.82, 2.24) is 0 Å². The highest BCUT2D eigenvalue weighted by Gasteiger charge is 2.30. The Bertz CT molecular complexity index is 1050. The molecule has 160 valence electrons. The number of nitrogens with one attached hydrogen (secondary N) is 2. The van der Waals surface area contributed by atoms with Gasteiger partial charge in [-0.1, -0.05) is 54.6 Å². The SMILES string of the molecule is C[NH+](CC(=O)Nc1ccccc1C(=O)c1ccccc1)Cc1ccc(C(F)(F)F)cc1. The third kappa shape index (κ3) is 6.02. The molecular weight excluding hydrogens is 405 g/mol. The van der Waals surface area contributed by atoms with Crippen molar-refractivity contribution in [2.24, 2.45) is 0 Å². The van der Waals surface area contributed by atoms with Gasteiger partial charge in [-0.25, -0.2) is 0 Å². The topological polar surface area (TPSA) is 50.6 Å². The zero-order chi connectivity index (χ0) is 22.4. The van der Waals surface area contributed by atoms with Crippen molar-refractivity contribution >= 4 is 17.4 Å². The van der Waals surface area contributed by atoms with E-state index in [1.807, 2.05) is 6.07 Å². The number of benzene rings is 3. The summed E-state index contributed by atoms with van der Waals surface area (Å²) in [5.41, 5.74) is 1.32. The van der Waals surface area contributed by atoms with Crippen LogP contribution in [0.4, 0.5) is 18.9 Å². The molecule has 2 N–H and O–H groups in total. The van der Waals surface area contributed by atoms with Gasteiger partial charge in [0.15, 0.2) is 12.3 Å². The maximum atomic E-state index is 12.8. The van der Waals surface area contributed by atoms with Crippen LogP contribution in [-0.2, 0) is 17.5 Å². The first kappa shape index (κ1) is 22.2. The lowest BCUT2D eigenvalue weighted by Gasteiger charge is -2.15. The van der Waals surface area contributed by atoms with Crippen molar-refractivity contribution in [1.29, 1.82) is 0 Å². The van der Waals surface area contributed by atoms with Crippen LogP contribution in [0.5, 0.6) is 0 Å². The first-order valence-corrected chi connectivity index (χ1v) is 9.70. The molecule has 0 fully saturated rings. The molecule has 3 rings (SSSR count). The summed E-state index contributed by atoms with van der Waals surface area (Å²) >= 11 is 0. The zero-order valence-corrected chi connectivity index (χ0v) is 16.9. The number of hydrogen-bond acceptors (Lipinski definition) is 2. The zero-order valence-electron chi connectivity index (χ0n) is 16.9. The predicted octanol–water partition coefficient (Wildman–Crippen LogP) is 3.59. The van der Waals surface area contributed by atoms with E-state index in [-0.39, 0.29) is 18.2 Å². The molecule has 0 spiro atoms. The van der Waals surface area contributed by atoms with Gasteiger partial charge in [-0.2, -0.15) is 13.2 Å². The maximum absolute atomic E-state index is 12.8. The maximum Gasteiger partial charge on any atom is 0.416 e. The molecule has 0 aromatic heterocycles. The molecule has 0 bridgehead atoms. The second-order valence-corrected chi connectivity index (χ2v) is 7.29. The molecule has 1 amide bonds. The Morgan fingerprint density at radius 3 is 2.13 bits per heavy atom. The average Bonchev–Trinajstić information content (AvgIpc) is 2.74. The quantitative estimate of drug-likeness (QED) is 0.567. The third-order valence-electron chi connectivity index (χ3n) is 4.73. The van der Waals surface area contributed by atoms with Gasteiger partial charge in [-0.3, -0.25) is 9.59 Å². The van der Waals surface area contributed by atoms with Crippen molar-refractivity contribution in [3.05, 3.63) is 101 Å². The highest BCUT2D eigenvalue weighted by molar-refractivity contribution is 6.13. The smallest absolute Gasteiger partial charge is 0.326 e. The number of likely N-dealkylation sites (N-methyl/N-ethyl adjacent to an activating group) is 1. The van der Waals surface area contributed by atoms with Crippen LogP contribution < -0.4 is 10.2 Å². The lowest BCUT2D eigenvalue weighted by Crippen LogP contribution is -3.08. The Kier molecular flexibility index (Phi) is 6.87. The molecule has 0 aliphatic heterocycles. The van der Waals surface area contributed by atoms with Gasteiger partial charge in [0.2, 0.25) is 0 Å². The van der Waals surface area contributed by atoms with Gasteiger partial charge in [0, 0.05) is 16.7 Å². The molecule has 0 aliphatic carbocycles. The summed E-state index contributed by atoms with van der Waals surface area (Å²) in [4.78, 5) is 26.1. The summed E-state index contributed by atoms with van der Waals surface area (Å²) < 4.78 is 38.0. The molecule has 0 heterocycles. The fourth-order valence-corrected chi connectivity index (χ4v) is 3.23. The lowest BCUT2D eigenvalue weighted by atomic mass is 10.0. The largest absolute Gasteiger partial charge is 0.416 e. The van der Waals surface area contributed by atoms with E-state index < -0.39 is 11.7 Å². The standard InChI is InChI=1S/C24H21F3N2O2/c1-29(15-17-11-13-19(14-12-17)24(25,26)27)16-22(30)28-21-10-6-5-9-20(21)23(31)18-7-3-2-4-8-18/h2-14H,15-16H2,1H3,(H,28,30)/p+1. The first-order valence-electron chi connectivity index (χ1n) is 9.70. The lowest BCUT2D eigenvalue weighted by molar-refractivity contribution is -0.885. The molecule has 0 saturated carbocycles. The highest BCUT2D eigenvalue weighted by atomic mass is 19.4. The summed E-state index contributed by atoms with van der Waals surface area (Å²) in [6.45, 7) is 0.477. The number of carbonyl (C=O) groups is 2. The fraction of sp³-hybridized carbons (Fsp3) is 0.167. The van der Waals surface area contributed by atoms with E-state index in [4.69, 9.17) is 0 Å². The molecule has 1 atom stereocenters. The Labute approximate surface area is 178 Å². The van der Waals surface area contributed by atoms with Gasteiger partial charge in [0.05, 0.1) is 18.3 Å². The van der Waals surface area contributed by atoms with Gasteiger partial charge in [0.1, 0.15) is 6.54 Å². The minimum absolute atomic E-state index is 0.0921. The molecule has 3 aromatic rings. The van der Waals surface area contributed by atoms with Crippen LogP contribution in [0.3, 0.4) is 0 Å². The normalized spacial score (nSPS) is 12.3. The minimum Gasteiger partial charge on any atom is -0.326 e. The van der Waals surface area contributed by atoms with Gasteiger partial charge in [-0.15, -0.1) is 0 Å². The number of alkyl halides is 3. The number of hydrogen-bond donors (Lipinski definition) is 2. The molecule has 7 heteroatoms. The van der Waals surface area contributed by atoms with Crippen LogP contribution in [0.1, 0.15) is 27.0 Å². The number of halogens is 3. The van der Waals surface area contributed by atoms with Crippen LogP contribution in [-0.4, -0.2) is 25.3 Å². The molecule has 0 aliphatic rings. The summed E-state index contributed by atoms with van der Waals surface area (Å²) in [5, 5.41) is 2.78. The Morgan fingerprint density at radius 1 is 0.871 bits per heavy atom. The monoisotopic (exact) mass is 427 g/mol. The molecule has 4 nitrogen and oxygen atoms in total. The number of amides is 1. The highest BCUT2D eigenvalue weighted by Crippen LogP contribution is 2.29. The summed E-state index contributed by atoms with van der Waals surface area (Å²) in [7, 11) is 1.78.